The van der Waals surface area contributed by atoms with Crippen molar-refractivity contribution in [2.24, 2.45) is 0 Å². The largest absolute Gasteiger partial charge is 0.459 e. The molecule has 4 rings (SSSR count). The zero-order valence-corrected chi connectivity index (χ0v) is 16.1. The van der Waals surface area contributed by atoms with Gasteiger partial charge in [0.25, 0.3) is 5.56 Å². The van der Waals surface area contributed by atoms with Crippen molar-refractivity contribution in [1.29, 1.82) is 0 Å². The van der Waals surface area contributed by atoms with Crippen LogP contribution in [0.5, 0.6) is 0 Å². The highest BCUT2D eigenvalue weighted by atomic mass is 32.2. The molecule has 0 atom stereocenters. The second kappa shape index (κ2) is 7.86. The summed E-state index contributed by atoms with van der Waals surface area (Å²) in [4.78, 5) is 29.8. The highest BCUT2D eigenvalue weighted by Crippen LogP contribution is 2.23. The first kappa shape index (κ1) is 18.3. The van der Waals surface area contributed by atoms with E-state index in [9.17, 15) is 9.59 Å². The fourth-order valence-electron chi connectivity index (χ4n) is 2.98. The lowest BCUT2D eigenvalue weighted by atomic mass is 10.1. The Morgan fingerprint density at radius 3 is 2.75 bits per heavy atom. The molecule has 2 aromatic carbocycles. The van der Waals surface area contributed by atoms with Gasteiger partial charge in [0.1, 0.15) is 12.3 Å². The third kappa shape index (κ3) is 3.92. The summed E-state index contributed by atoms with van der Waals surface area (Å²) in [7, 11) is 0. The number of carbonyl (C=O) groups is 1. The molecule has 2 heterocycles. The average Bonchev–Trinajstić information content (AvgIpc) is 2.71. The molecule has 140 valence electrons. The Balaban J connectivity index is 1.39. The topological polar surface area (TPSA) is 60.7 Å². The number of ether oxygens (including phenoxy) is 1. The van der Waals surface area contributed by atoms with E-state index >= 15 is 0 Å². The van der Waals surface area contributed by atoms with Gasteiger partial charge in [-0.3, -0.25) is 14.0 Å². The maximum absolute atomic E-state index is 12.2. The summed E-state index contributed by atoms with van der Waals surface area (Å²) in [6.45, 7) is 1.87. The maximum atomic E-state index is 12.2. The number of fused-ring (bicyclic) bond motifs is 2. The molecule has 0 fully saturated rings. The molecule has 4 aromatic rings. The van der Waals surface area contributed by atoms with Crippen molar-refractivity contribution >= 4 is 34.2 Å². The molecule has 0 radical (unpaired) electrons. The van der Waals surface area contributed by atoms with Crippen LogP contribution in [0.3, 0.4) is 0 Å². The van der Waals surface area contributed by atoms with Crippen LogP contribution in [0.4, 0.5) is 0 Å². The molecule has 0 spiro atoms. The molecule has 6 heteroatoms. The minimum absolute atomic E-state index is 0.0167. The Bertz CT molecular complexity index is 1230. The van der Waals surface area contributed by atoms with Gasteiger partial charge < -0.3 is 4.74 Å². The van der Waals surface area contributed by atoms with E-state index in [1.807, 2.05) is 43.3 Å². The van der Waals surface area contributed by atoms with Crippen LogP contribution < -0.4 is 5.56 Å². The van der Waals surface area contributed by atoms with Gasteiger partial charge in [-0.05, 0) is 41.5 Å². The molecule has 0 aliphatic carbocycles. The number of hydrogen-bond donors (Lipinski definition) is 0. The minimum atomic E-state index is -0.343. The second-order valence-electron chi connectivity index (χ2n) is 6.43. The van der Waals surface area contributed by atoms with Gasteiger partial charge in [-0.2, -0.15) is 0 Å². The summed E-state index contributed by atoms with van der Waals surface area (Å²) in [6, 6.07) is 19.3. The molecule has 28 heavy (non-hydrogen) atoms. The van der Waals surface area contributed by atoms with Gasteiger partial charge in [0.05, 0.1) is 11.4 Å². The van der Waals surface area contributed by atoms with E-state index in [2.05, 4.69) is 17.1 Å². The minimum Gasteiger partial charge on any atom is -0.459 e. The number of benzene rings is 2. The molecule has 0 unspecified atom stereocenters. The molecule has 0 aliphatic rings. The highest BCUT2D eigenvalue weighted by Gasteiger charge is 2.09. The first-order valence-electron chi connectivity index (χ1n) is 8.85. The van der Waals surface area contributed by atoms with Crippen LogP contribution in [-0.2, 0) is 16.1 Å². The summed E-state index contributed by atoms with van der Waals surface area (Å²) in [5.74, 6) is -0.144. The molecular formula is C22H18N2O3S. The molecule has 2 aromatic heterocycles. The molecule has 0 amide bonds. The standard InChI is InChI=1S/C22H18N2O3S/c1-15-5-4-10-24-20(25)12-18(23-22(15)24)13-27-21(26)14-28-19-9-8-16-6-2-3-7-17(16)11-19/h2-12H,13-14H2,1H3. The van der Waals surface area contributed by atoms with E-state index < -0.39 is 0 Å². The predicted molar refractivity (Wildman–Crippen MR) is 111 cm³/mol. The lowest BCUT2D eigenvalue weighted by Gasteiger charge is -2.07. The molecular weight excluding hydrogens is 372 g/mol. The smallest absolute Gasteiger partial charge is 0.316 e. The summed E-state index contributed by atoms with van der Waals surface area (Å²) >= 11 is 1.43. The molecule has 0 saturated carbocycles. The molecule has 0 saturated heterocycles. The Morgan fingerprint density at radius 2 is 1.89 bits per heavy atom. The number of aryl methyl sites for hydroxylation is 1. The predicted octanol–water partition coefficient (Wildman–Crippen LogP) is 3.99. The van der Waals surface area contributed by atoms with Gasteiger partial charge in [0.15, 0.2) is 0 Å². The van der Waals surface area contributed by atoms with Gasteiger partial charge in [-0.15, -0.1) is 11.8 Å². The normalized spacial score (nSPS) is 11.0. The van der Waals surface area contributed by atoms with E-state index in [-0.39, 0.29) is 23.9 Å². The summed E-state index contributed by atoms with van der Waals surface area (Å²) in [6.07, 6.45) is 1.67. The van der Waals surface area contributed by atoms with Gasteiger partial charge >= 0.3 is 5.97 Å². The van der Waals surface area contributed by atoms with Gasteiger partial charge in [0.2, 0.25) is 0 Å². The van der Waals surface area contributed by atoms with Crippen LogP contribution in [0.15, 0.2) is 76.6 Å². The number of nitrogens with zero attached hydrogens (tertiary/aromatic N) is 2. The van der Waals surface area contributed by atoms with E-state index in [4.69, 9.17) is 4.74 Å². The summed E-state index contributed by atoms with van der Waals surface area (Å²) < 4.78 is 6.79. The van der Waals surface area contributed by atoms with Crippen molar-refractivity contribution in [3.05, 3.63) is 88.5 Å². The fourth-order valence-corrected chi connectivity index (χ4v) is 3.72. The third-order valence-corrected chi connectivity index (χ3v) is 5.37. The molecule has 0 N–H and O–H groups in total. The number of carbonyl (C=O) groups excluding carboxylic acids is 1. The van der Waals surface area contributed by atoms with Gasteiger partial charge in [0, 0.05) is 17.2 Å². The first-order valence-corrected chi connectivity index (χ1v) is 9.84. The van der Waals surface area contributed by atoms with Crippen molar-refractivity contribution in [2.75, 3.05) is 5.75 Å². The number of rotatable bonds is 5. The first-order chi connectivity index (χ1) is 13.6. The fraction of sp³-hybridized carbons (Fsp3) is 0.136. The maximum Gasteiger partial charge on any atom is 0.316 e. The van der Waals surface area contributed by atoms with Crippen molar-refractivity contribution in [2.45, 2.75) is 18.4 Å². The zero-order chi connectivity index (χ0) is 19.5. The number of aromatic nitrogens is 2. The number of hydrogen-bond acceptors (Lipinski definition) is 5. The zero-order valence-electron chi connectivity index (χ0n) is 15.3. The van der Waals surface area contributed by atoms with E-state index in [1.54, 1.807) is 12.3 Å². The third-order valence-electron chi connectivity index (χ3n) is 4.40. The van der Waals surface area contributed by atoms with Crippen LogP contribution in [0.2, 0.25) is 0 Å². The van der Waals surface area contributed by atoms with Crippen LogP contribution in [0, 0.1) is 6.92 Å². The Labute approximate surface area is 166 Å². The molecule has 0 bridgehead atoms. The number of esters is 1. The average molecular weight is 390 g/mol. The summed E-state index contributed by atoms with van der Waals surface area (Å²) in [5, 5.41) is 2.30. The van der Waals surface area contributed by atoms with E-state index in [0.29, 0.717) is 11.3 Å². The monoisotopic (exact) mass is 390 g/mol. The number of thioether (sulfide) groups is 1. The van der Waals surface area contributed by atoms with Crippen molar-refractivity contribution < 1.29 is 9.53 Å². The lowest BCUT2D eigenvalue weighted by molar-refractivity contribution is -0.141. The highest BCUT2D eigenvalue weighted by molar-refractivity contribution is 8.00. The van der Waals surface area contributed by atoms with Crippen molar-refractivity contribution in [1.82, 2.24) is 9.38 Å². The van der Waals surface area contributed by atoms with Crippen LogP contribution in [0.1, 0.15) is 11.3 Å². The molecule has 5 nitrogen and oxygen atoms in total. The van der Waals surface area contributed by atoms with Crippen LogP contribution in [-0.4, -0.2) is 21.1 Å². The van der Waals surface area contributed by atoms with Gasteiger partial charge in [-0.1, -0.05) is 36.4 Å². The van der Waals surface area contributed by atoms with Crippen LogP contribution >= 0.6 is 11.8 Å². The van der Waals surface area contributed by atoms with Crippen LogP contribution in [0.25, 0.3) is 16.4 Å². The van der Waals surface area contributed by atoms with Crippen molar-refractivity contribution in [3.8, 4) is 0 Å². The molecule has 0 aliphatic heterocycles. The quantitative estimate of drug-likeness (QED) is 0.381. The Hall–Kier alpha value is -3.12. The van der Waals surface area contributed by atoms with E-state index in [0.717, 1.165) is 15.8 Å². The van der Waals surface area contributed by atoms with E-state index in [1.165, 1.54) is 27.6 Å². The lowest BCUT2D eigenvalue weighted by Crippen LogP contribution is -2.17. The summed E-state index contributed by atoms with van der Waals surface area (Å²) in [5.41, 5.74) is 1.72. The second-order valence-corrected chi connectivity index (χ2v) is 7.48. The Morgan fingerprint density at radius 1 is 1.07 bits per heavy atom. The van der Waals surface area contributed by atoms with Gasteiger partial charge in [-0.25, -0.2) is 4.98 Å². The Kier molecular flexibility index (Phi) is 5.12. The SMILES string of the molecule is Cc1cccn2c(=O)cc(COC(=O)CSc3ccc4ccccc4c3)nc12. The van der Waals surface area contributed by atoms with Crippen molar-refractivity contribution in [3.63, 3.8) is 0 Å². The number of pyridine rings is 1.